The van der Waals surface area contributed by atoms with E-state index in [9.17, 15) is 9.18 Å². The van der Waals surface area contributed by atoms with E-state index in [-0.39, 0.29) is 11.7 Å². The van der Waals surface area contributed by atoms with Crippen molar-refractivity contribution in [2.45, 2.75) is 27.2 Å². The maximum absolute atomic E-state index is 13.6. The van der Waals surface area contributed by atoms with Gasteiger partial charge in [-0.05, 0) is 49.9 Å². The first kappa shape index (κ1) is 19.5. The van der Waals surface area contributed by atoms with Crippen LogP contribution in [0.15, 0.2) is 48.8 Å². The molecule has 0 unspecified atom stereocenters. The Kier molecular flexibility index (Phi) is 5.99. The fourth-order valence-corrected chi connectivity index (χ4v) is 3.11. The van der Waals surface area contributed by atoms with Gasteiger partial charge >= 0.3 is 0 Å². The summed E-state index contributed by atoms with van der Waals surface area (Å²) in [5.74, 6) is -0.124. The van der Waals surface area contributed by atoms with Gasteiger partial charge in [-0.15, -0.1) is 0 Å². The summed E-state index contributed by atoms with van der Waals surface area (Å²) in [6.07, 6.45) is 3.38. The molecule has 0 aliphatic heterocycles. The maximum atomic E-state index is 13.6. The van der Waals surface area contributed by atoms with Gasteiger partial charge in [-0.3, -0.25) is 4.79 Å². The van der Waals surface area contributed by atoms with Crippen molar-refractivity contribution in [3.8, 4) is 0 Å². The van der Waals surface area contributed by atoms with Gasteiger partial charge in [0.2, 0.25) is 5.95 Å². The quantitative estimate of drug-likeness (QED) is 0.673. The molecule has 1 amide bonds. The first-order valence-corrected chi connectivity index (χ1v) is 9.12. The lowest BCUT2D eigenvalue weighted by molar-refractivity contribution is 0.0953. The molecule has 144 valence electrons. The molecule has 0 radical (unpaired) electrons. The van der Waals surface area contributed by atoms with Crippen molar-refractivity contribution in [2.75, 3.05) is 11.9 Å². The third-order valence-corrected chi connectivity index (χ3v) is 4.47. The molecule has 3 rings (SSSR count). The molecule has 2 aromatic carbocycles. The number of aromatic nitrogens is 2. The number of carbonyl (C=O) groups is 1. The molecule has 2 N–H and O–H groups in total. The minimum atomic E-state index is -0.286. The Balaban J connectivity index is 1.59. The van der Waals surface area contributed by atoms with Crippen LogP contribution in [0.1, 0.15) is 32.6 Å². The van der Waals surface area contributed by atoms with Crippen LogP contribution in [0.2, 0.25) is 0 Å². The van der Waals surface area contributed by atoms with Crippen LogP contribution in [-0.2, 0) is 6.42 Å². The molecule has 0 saturated carbocycles. The fourth-order valence-electron chi connectivity index (χ4n) is 3.11. The number of aryl methyl sites for hydroxylation is 3. The minimum absolute atomic E-state index is 0.266. The van der Waals surface area contributed by atoms with Crippen molar-refractivity contribution in [2.24, 2.45) is 0 Å². The minimum Gasteiger partial charge on any atom is -0.352 e. The van der Waals surface area contributed by atoms with Crippen LogP contribution in [-0.4, -0.2) is 22.4 Å². The topological polar surface area (TPSA) is 66.9 Å². The van der Waals surface area contributed by atoms with E-state index in [1.165, 1.54) is 24.0 Å². The number of rotatable bonds is 6. The molecule has 0 bridgehead atoms. The van der Waals surface area contributed by atoms with Crippen molar-refractivity contribution >= 4 is 17.5 Å². The summed E-state index contributed by atoms with van der Waals surface area (Å²) >= 11 is 0. The van der Waals surface area contributed by atoms with Gasteiger partial charge in [-0.2, -0.15) is 0 Å². The summed E-state index contributed by atoms with van der Waals surface area (Å²) in [5.41, 5.74) is 5.31. The highest BCUT2D eigenvalue weighted by atomic mass is 19.1. The molecular formula is C22H23FN4O. The average molecular weight is 378 g/mol. The van der Waals surface area contributed by atoms with E-state index < -0.39 is 0 Å². The second kappa shape index (κ2) is 8.61. The van der Waals surface area contributed by atoms with E-state index in [2.05, 4.69) is 39.7 Å². The molecule has 6 heteroatoms. The van der Waals surface area contributed by atoms with Crippen LogP contribution in [0.25, 0.3) is 0 Å². The zero-order valence-electron chi connectivity index (χ0n) is 16.2. The summed E-state index contributed by atoms with van der Waals surface area (Å²) in [6.45, 7) is 6.45. The zero-order chi connectivity index (χ0) is 20.1. The highest BCUT2D eigenvalue weighted by molar-refractivity contribution is 5.93. The lowest BCUT2D eigenvalue weighted by Gasteiger charge is -2.12. The first-order chi connectivity index (χ1) is 13.4. The average Bonchev–Trinajstić information content (AvgIpc) is 2.66. The Labute approximate surface area is 164 Å². The van der Waals surface area contributed by atoms with Gasteiger partial charge in [-0.25, -0.2) is 14.4 Å². The van der Waals surface area contributed by atoms with E-state index in [0.29, 0.717) is 30.0 Å². The standard InChI is InChI=1S/C22H23FN4O/c1-14-10-15(2)20(16(3)11-14)27-22-25-12-18(13-26-22)21(28)24-9-8-17-6-4-5-7-19(17)23/h4-7,10-13H,8-9H2,1-3H3,(H,24,28)(H,25,26,27). The third kappa shape index (κ3) is 4.71. The molecule has 28 heavy (non-hydrogen) atoms. The number of benzene rings is 2. The first-order valence-electron chi connectivity index (χ1n) is 9.12. The number of hydrogen-bond acceptors (Lipinski definition) is 4. The SMILES string of the molecule is Cc1cc(C)c(Nc2ncc(C(=O)NCCc3ccccc3F)cn2)c(C)c1. The molecule has 0 saturated heterocycles. The molecule has 0 fully saturated rings. The molecule has 0 atom stereocenters. The lowest BCUT2D eigenvalue weighted by atomic mass is 10.1. The summed E-state index contributed by atoms with van der Waals surface area (Å²) < 4.78 is 13.6. The van der Waals surface area contributed by atoms with E-state index in [4.69, 9.17) is 0 Å². The number of carbonyl (C=O) groups excluding carboxylic acids is 1. The smallest absolute Gasteiger partial charge is 0.254 e. The van der Waals surface area contributed by atoms with Gasteiger partial charge < -0.3 is 10.6 Å². The number of anilines is 2. The monoisotopic (exact) mass is 378 g/mol. The summed E-state index contributed by atoms with van der Waals surface area (Å²) in [5, 5.41) is 5.97. The molecule has 0 aliphatic carbocycles. The van der Waals surface area contributed by atoms with Gasteiger partial charge in [0.1, 0.15) is 5.82 Å². The van der Waals surface area contributed by atoms with Crippen molar-refractivity contribution < 1.29 is 9.18 Å². The molecule has 1 heterocycles. The second-order valence-corrected chi connectivity index (χ2v) is 6.79. The van der Waals surface area contributed by atoms with E-state index >= 15 is 0 Å². The van der Waals surface area contributed by atoms with Gasteiger partial charge in [0.05, 0.1) is 5.56 Å². The largest absolute Gasteiger partial charge is 0.352 e. The number of nitrogens with one attached hydrogen (secondary N) is 2. The Morgan fingerprint density at radius 1 is 1.04 bits per heavy atom. The highest BCUT2D eigenvalue weighted by Gasteiger charge is 2.10. The summed E-state index contributed by atoms with van der Waals surface area (Å²) in [6, 6.07) is 10.7. The van der Waals surface area contributed by atoms with E-state index in [1.54, 1.807) is 18.2 Å². The van der Waals surface area contributed by atoms with Crippen LogP contribution in [0, 0.1) is 26.6 Å². The molecular weight excluding hydrogens is 355 g/mol. The number of amides is 1. The van der Waals surface area contributed by atoms with Gasteiger partial charge in [-0.1, -0.05) is 35.9 Å². The second-order valence-electron chi connectivity index (χ2n) is 6.79. The van der Waals surface area contributed by atoms with Crippen molar-refractivity contribution in [1.82, 2.24) is 15.3 Å². The molecule has 0 spiro atoms. The lowest BCUT2D eigenvalue weighted by Crippen LogP contribution is -2.26. The molecule has 0 aliphatic rings. The van der Waals surface area contributed by atoms with E-state index in [1.807, 2.05) is 13.8 Å². The predicted molar refractivity (Wildman–Crippen MR) is 108 cm³/mol. The van der Waals surface area contributed by atoms with Gasteiger partial charge in [0.25, 0.3) is 5.91 Å². The number of halogens is 1. The normalized spacial score (nSPS) is 10.6. The Bertz CT molecular complexity index is 963. The molecule has 1 aromatic heterocycles. The maximum Gasteiger partial charge on any atom is 0.254 e. The Morgan fingerprint density at radius 2 is 1.68 bits per heavy atom. The van der Waals surface area contributed by atoms with Crippen LogP contribution >= 0.6 is 0 Å². The van der Waals surface area contributed by atoms with E-state index in [0.717, 1.165) is 16.8 Å². The van der Waals surface area contributed by atoms with Crippen LogP contribution in [0.5, 0.6) is 0 Å². The summed E-state index contributed by atoms with van der Waals surface area (Å²) in [4.78, 5) is 20.7. The zero-order valence-corrected chi connectivity index (χ0v) is 16.2. The van der Waals surface area contributed by atoms with Crippen LogP contribution in [0.4, 0.5) is 16.0 Å². The Morgan fingerprint density at radius 3 is 2.32 bits per heavy atom. The van der Waals surface area contributed by atoms with Crippen LogP contribution < -0.4 is 10.6 Å². The Hall–Kier alpha value is -3.28. The van der Waals surface area contributed by atoms with Crippen molar-refractivity contribution in [3.63, 3.8) is 0 Å². The van der Waals surface area contributed by atoms with Crippen molar-refractivity contribution in [3.05, 3.63) is 82.4 Å². The van der Waals surface area contributed by atoms with Crippen LogP contribution in [0.3, 0.4) is 0 Å². The predicted octanol–water partition coefficient (Wildman–Crippen LogP) is 4.26. The summed E-state index contributed by atoms with van der Waals surface area (Å²) in [7, 11) is 0. The molecule has 3 aromatic rings. The highest BCUT2D eigenvalue weighted by Crippen LogP contribution is 2.24. The molecule has 5 nitrogen and oxygen atoms in total. The third-order valence-electron chi connectivity index (χ3n) is 4.47. The fraction of sp³-hybridized carbons (Fsp3) is 0.227. The number of nitrogens with zero attached hydrogens (tertiary/aromatic N) is 2. The van der Waals surface area contributed by atoms with Gasteiger partial charge in [0, 0.05) is 24.6 Å². The number of hydrogen-bond donors (Lipinski definition) is 2. The van der Waals surface area contributed by atoms with Gasteiger partial charge in [0.15, 0.2) is 0 Å². The van der Waals surface area contributed by atoms with Crippen molar-refractivity contribution in [1.29, 1.82) is 0 Å².